The zero-order valence-corrected chi connectivity index (χ0v) is 11.5. The number of carbonyl (C=O) groups excluding carboxylic acids is 1. The third-order valence-corrected chi connectivity index (χ3v) is 2.86. The molecule has 0 spiro atoms. The van der Waals surface area contributed by atoms with Gasteiger partial charge in [-0.3, -0.25) is 4.79 Å². The van der Waals surface area contributed by atoms with Gasteiger partial charge in [-0.05, 0) is 31.9 Å². The van der Waals surface area contributed by atoms with Crippen molar-refractivity contribution in [3.63, 3.8) is 0 Å². The maximum absolute atomic E-state index is 11.5. The fourth-order valence-corrected chi connectivity index (χ4v) is 1.76. The molecule has 0 aliphatic rings. The first-order valence-corrected chi connectivity index (χ1v) is 6.75. The molecule has 3 heteroatoms. The first-order valence-electron chi connectivity index (χ1n) is 6.75. The van der Waals surface area contributed by atoms with Gasteiger partial charge in [-0.1, -0.05) is 36.8 Å². The van der Waals surface area contributed by atoms with Gasteiger partial charge in [0.25, 0.3) is 0 Å². The summed E-state index contributed by atoms with van der Waals surface area (Å²) in [5, 5.41) is 6.09. The normalized spacial score (nSPS) is 10.3. The smallest absolute Gasteiger partial charge is 0.220 e. The minimum atomic E-state index is 0.153. The second-order valence-corrected chi connectivity index (χ2v) is 4.54. The van der Waals surface area contributed by atoms with Crippen LogP contribution in [0.1, 0.15) is 30.9 Å². The van der Waals surface area contributed by atoms with Gasteiger partial charge in [-0.25, -0.2) is 0 Å². The first kappa shape index (κ1) is 14.7. The quantitative estimate of drug-likeness (QED) is 0.691. The standard InChI is InChI=1S/C15H24N2O/c1-3-16-11-12-17-15(18)6-4-5-14-9-7-13(2)8-10-14/h7-10,16H,3-6,11-12H2,1-2H3,(H,17,18). The van der Waals surface area contributed by atoms with E-state index in [-0.39, 0.29) is 5.91 Å². The monoisotopic (exact) mass is 248 g/mol. The number of aryl methyl sites for hydroxylation is 2. The number of carbonyl (C=O) groups is 1. The Morgan fingerprint density at radius 3 is 2.56 bits per heavy atom. The molecular weight excluding hydrogens is 224 g/mol. The molecule has 0 aliphatic carbocycles. The van der Waals surface area contributed by atoms with Gasteiger partial charge in [0.15, 0.2) is 0 Å². The molecule has 1 amide bonds. The highest BCUT2D eigenvalue weighted by Gasteiger charge is 2.00. The molecule has 0 bridgehead atoms. The maximum atomic E-state index is 11.5. The summed E-state index contributed by atoms with van der Waals surface area (Å²) < 4.78 is 0. The Labute approximate surface area is 110 Å². The highest BCUT2D eigenvalue weighted by Crippen LogP contribution is 2.06. The summed E-state index contributed by atoms with van der Waals surface area (Å²) in [6.45, 7) is 6.66. The molecule has 1 aromatic rings. The van der Waals surface area contributed by atoms with Gasteiger partial charge in [-0.15, -0.1) is 0 Å². The number of rotatable bonds is 8. The van der Waals surface area contributed by atoms with Crippen molar-refractivity contribution < 1.29 is 4.79 Å². The Morgan fingerprint density at radius 2 is 1.89 bits per heavy atom. The summed E-state index contributed by atoms with van der Waals surface area (Å²) in [6.07, 6.45) is 2.50. The van der Waals surface area contributed by atoms with E-state index < -0.39 is 0 Å². The molecule has 0 aromatic heterocycles. The fraction of sp³-hybridized carbons (Fsp3) is 0.533. The lowest BCUT2D eigenvalue weighted by atomic mass is 10.1. The van der Waals surface area contributed by atoms with E-state index in [4.69, 9.17) is 0 Å². The molecule has 3 nitrogen and oxygen atoms in total. The van der Waals surface area contributed by atoms with Gasteiger partial charge in [0.05, 0.1) is 0 Å². The van der Waals surface area contributed by atoms with Gasteiger partial charge < -0.3 is 10.6 Å². The Bertz CT molecular complexity index is 346. The molecule has 2 N–H and O–H groups in total. The molecule has 0 heterocycles. The minimum Gasteiger partial charge on any atom is -0.355 e. The van der Waals surface area contributed by atoms with E-state index in [0.717, 1.165) is 32.5 Å². The second kappa shape index (κ2) is 8.70. The van der Waals surface area contributed by atoms with E-state index in [2.05, 4.69) is 48.7 Å². The van der Waals surface area contributed by atoms with Crippen LogP contribution in [-0.4, -0.2) is 25.5 Å². The number of benzene rings is 1. The predicted molar refractivity (Wildman–Crippen MR) is 75.7 cm³/mol. The molecule has 0 saturated carbocycles. The van der Waals surface area contributed by atoms with Crippen molar-refractivity contribution in [2.75, 3.05) is 19.6 Å². The van der Waals surface area contributed by atoms with Crippen molar-refractivity contribution in [1.82, 2.24) is 10.6 Å². The zero-order chi connectivity index (χ0) is 13.2. The van der Waals surface area contributed by atoms with Crippen LogP contribution in [0.4, 0.5) is 0 Å². The minimum absolute atomic E-state index is 0.153. The largest absolute Gasteiger partial charge is 0.355 e. The van der Waals surface area contributed by atoms with Crippen LogP contribution in [0.15, 0.2) is 24.3 Å². The molecule has 1 rings (SSSR count). The average Bonchev–Trinajstić information content (AvgIpc) is 2.37. The Morgan fingerprint density at radius 1 is 1.17 bits per heavy atom. The molecule has 100 valence electrons. The van der Waals surface area contributed by atoms with E-state index >= 15 is 0 Å². The van der Waals surface area contributed by atoms with Crippen molar-refractivity contribution in [3.8, 4) is 0 Å². The predicted octanol–water partition coefficient (Wildman–Crippen LogP) is 2.04. The summed E-state index contributed by atoms with van der Waals surface area (Å²) >= 11 is 0. The Balaban J connectivity index is 2.10. The number of hydrogen-bond donors (Lipinski definition) is 2. The Hall–Kier alpha value is -1.35. The van der Waals surface area contributed by atoms with E-state index in [0.29, 0.717) is 6.42 Å². The van der Waals surface area contributed by atoms with Gasteiger partial charge in [0, 0.05) is 19.5 Å². The topological polar surface area (TPSA) is 41.1 Å². The summed E-state index contributed by atoms with van der Waals surface area (Å²) in [6, 6.07) is 8.51. The third-order valence-electron chi connectivity index (χ3n) is 2.86. The first-order chi connectivity index (χ1) is 8.72. The van der Waals surface area contributed by atoms with Crippen LogP contribution in [-0.2, 0) is 11.2 Å². The van der Waals surface area contributed by atoms with E-state index in [1.54, 1.807) is 0 Å². The number of likely N-dealkylation sites (N-methyl/N-ethyl adjacent to an activating group) is 1. The third kappa shape index (κ3) is 6.40. The molecule has 1 aromatic carbocycles. The van der Waals surface area contributed by atoms with Crippen LogP contribution in [0.25, 0.3) is 0 Å². The van der Waals surface area contributed by atoms with E-state index in [9.17, 15) is 4.79 Å². The lowest BCUT2D eigenvalue weighted by molar-refractivity contribution is -0.121. The van der Waals surface area contributed by atoms with Crippen LogP contribution in [0, 0.1) is 6.92 Å². The van der Waals surface area contributed by atoms with Crippen LogP contribution < -0.4 is 10.6 Å². The summed E-state index contributed by atoms with van der Waals surface area (Å²) in [5.41, 5.74) is 2.58. The summed E-state index contributed by atoms with van der Waals surface area (Å²) in [5.74, 6) is 0.153. The molecular formula is C15H24N2O. The van der Waals surface area contributed by atoms with Crippen molar-refractivity contribution in [2.45, 2.75) is 33.1 Å². The van der Waals surface area contributed by atoms with Crippen molar-refractivity contribution in [3.05, 3.63) is 35.4 Å². The maximum Gasteiger partial charge on any atom is 0.220 e. The Kier molecular flexibility index (Phi) is 7.11. The molecule has 0 atom stereocenters. The number of amides is 1. The lowest BCUT2D eigenvalue weighted by Gasteiger charge is -2.05. The fourth-order valence-electron chi connectivity index (χ4n) is 1.76. The van der Waals surface area contributed by atoms with Gasteiger partial charge in [0.1, 0.15) is 0 Å². The van der Waals surface area contributed by atoms with Gasteiger partial charge in [-0.2, -0.15) is 0 Å². The zero-order valence-electron chi connectivity index (χ0n) is 11.5. The van der Waals surface area contributed by atoms with E-state index in [1.165, 1.54) is 11.1 Å². The van der Waals surface area contributed by atoms with Crippen LogP contribution in [0.2, 0.25) is 0 Å². The molecule has 0 saturated heterocycles. The second-order valence-electron chi connectivity index (χ2n) is 4.54. The van der Waals surface area contributed by atoms with Crippen LogP contribution in [0.3, 0.4) is 0 Å². The van der Waals surface area contributed by atoms with Gasteiger partial charge in [0.2, 0.25) is 5.91 Å². The molecule has 0 aliphatic heterocycles. The molecule has 0 fully saturated rings. The van der Waals surface area contributed by atoms with Crippen LogP contribution in [0.5, 0.6) is 0 Å². The van der Waals surface area contributed by atoms with Gasteiger partial charge >= 0.3 is 0 Å². The van der Waals surface area contributed by atoms with E-state index in [1.807, 2.05) is 0 Å². The van der Waals surface area contributed by atoms with Crippen LogP contribution >= 0.6 is 0 Å². The highest BCUT2D eigenvalue weighted by molar-refractivity contribution is 5.75. The lowest BCUT2D eigenvalue weighted by Crippen LogP contribution is -2.31. The highest BCUT2D eigenvalue weighted by atomic mass is 16.1. The molecule has 0 unspecified atom stereocenters. The number of hydrogen-bond acceptors (Lipinski definition) is 2. The van der Waals surface area contributed by atoms with Crippen molar-refractivity contribution >= 4 is 5.91 Å². The molecule has 0 radical (unpaired) electrons. The summed E-state index contributed by atoms with van der Waals surface area (Å²) in [7, 11) is 0. The molecule has 18 heavy (non-hydrogen) atoms. The summed E-state index contributed by atoms with van der Waals surface area (Å²) in [4.78, 5) is 11.5. The SMILES string of the molecule is CCNCCNC(=O)CCCc1ccc(C)cc1. The van der Waals surface area contributed by atoms with Crippen molar-refractivity contribution in [1.29, 1.82) is 0 Å². The average molecular weight is 248 g/mol. The van der Waals surface area contributed by atoms with Crippen molar-refractivity contribution in [2.24, 2.45) is 0 Å². The number of nitrogens with one attached hydrogen (secondary N) is 2.